The molecule has 2 aromatic rings. The van der Waals surface area contributed by atoms with Gasteiger partial charge in [-0.1, -0.05) is 72.4 Å². The van der Waals surface area contributed by atoms with Crippen LogP contribution in [0.25, 0.3) is 6.08 Å². The van der Waals surface area contributed by atoms with Crippen LogP contribution in [-0.2, 0) is 11.2 Å². The summed E-state index contributed by atoms with van der Waals surface area (Å²) in [7, 11) is 0. The molecule has 1 saturated heterocycles. The highest BCUT2D eigenvalue weighted by atomic mass is 32.2. The van der Waals surface area contributed by atoms with Gasteiger partial charge in [0.1, 0.15) is 16.7 Å². The standard InChI is InChI=1S/C21H17NO2S2/c1-2-14-24-18-10-8-17(9-11-18)15-19-20(23)22(21(25)26-19)13-12-16-6-4-3-5-7-16/h1,3-11,15H,12-14H2/b19-15-. The molecule has 1 fully saturated rings. The summed E-state index contributed by atoms with van der Waals surface area (Å²) in [6.45, 7) is 0.824. The summed E-state index contributed by atoms with van der Waals surface area (Å²) in [5, 5.41) is 0. The number of thioether (sulfide) groups is 1. The Morgan fingerprint density at radius 1 is 1.15 bits per heavy atom. The van der Waals surface area contributed by atoms with Gasteiger partial charge in [-0.2, -0.15) is 0 Å². The van der Waals surface area contributed by atoms with Gasteiger partial charge in [0.2, 0.25) is 0 Å². The lowest BCUT2D eigenvalue weighted by atomic mass is 10.1. The summed E-state index contributed by atoms with van der Waals surface area (Å²) >= 11 is 6.72. The Bertz CT molecular complexity index is 867. The number of benzene rings is 2. The Kier molecular flexibility index (Phi) is 6.11. The highest BCUT2D eigenvalue weighted by Gasteiger charge is 2.31. The number of nitrogens with zero attached hydrogens (tertiary/aromatic N) is 1. The lowest BCUT2D eigenvalue weighted by molar-refractivity contribution is -0.122. The van der Waals surface area contributed by atoms with Crippen LogP contribution in [0.2, 0.25) is 0 Å². The maximum atomic E-state index is 12.7. The summed E-state index contributed by atoms with van der Waals surface area (Å²) < 4.78 is 5.95. The molecular formula is C21H17NO2S2. The fourth-order valence-corrected chi connectivity index (χ4v) is 3.82. The van der Waals surface area contributed by atoms with E-state index in [2.05, 4.69) is 18.1 Å². The molecule has 0 saturated carbocycles. The molecule has 130 valence electrons. The molecule has 0 radical (unpaired) electrons. The van der Waals surface area contributed by atoms with Crippen LogP contribution in [0.3, 0.4) is 0 Å². The number of rotatable bonds is 6. The molecule has 1 heterocycles. The number of ether oxygens (including phenoxy) is 1. The second-order valence-electron chi connectivity index (χ2n) is 5.63. The van der Waals surface area contributed by atoms with E-state index in [0.717, 1.165) is 12.0 Å². The third kappa shape index (κ3) is 4.54. The first-order valence-electron chi connectivity index (χ1n) is 8.13. The number of hydrogen-bond acceptors (Lipinski definition) is 4. The van der Waals surface area contributed by atoms with E-state index in [1.54, 1.807) is 4.90 Å². The number of thiocarbonyl (C=S) groups is 1. The molecule has 0 aliphatic carbocycles. The van der Waals surface area contributed by atoms with Crippen LogP contribution >= 0.6 is 24.0 Å². The minimum atomic E-state index is -0.0383. The number of hydrogen-bond donors (Lipinski definition) is 0. The summed E-state index contributed by atoms with van der Waals surface area (Å²) in [5.41, 5.74) is 2.11. The lowest BCUT2D eigenvalue weighted by Crippen LogP contribution is -2.30. The van der Waals surface area contributed by atoms with Crippen LogP contribution in [0, 0.1) is 12.3 Å². The second-order valence-corrected chi connectivity index (χ2v) is 7.31. The molecule has 0 atom stereocenters. The first kappa shape index (κ1) is 18.2. The van der Waals surface area contributed by atoms with Crippen molar-refractivity contribution in [3.8, 4) is 18.1 Å². The van der Waals surface area contributed by atoms with Crippen LogP contribution < -0.4 is 4.74 Å². The predicted octanol–water partition coefficient (Wildman–Crippen LogP) is 4.14. The molecule has 5 heteroatoms. The maximum absolute atomic E-state index is 12.7. The molecule has 1 amide bonds. The zero-order valence-electron chi connectivity index (χ0n) is 14.1. The van der Waals surface area contributed by atoms with Crippen molar-refractivity contribution < 1.29 is 9.53 Å². The van der Waals surface area contributed by atoms with E-state index in [-0.39, 0.29) is 12.5 Å². The molecule has 0 spiro atoms. The van der Waals surface area contributed by atoms with Gasteiger partial charge in [0.15, 0.2) is 0 Å². The van der Waals surface area contributed by atoms with E-state index in [0.29, 0.717) is 21.5 Å². The molecule has 0 aromatic heterocycles. The van der Waals surface area contributed by atoms with Crippen LogP contribution in [0.5, 0.6) is 5.75 Å². The normalized spacial score (nSPS) is 15.3. The quantitative estimate of drug-likeness (QED) is 0.429. The molecule has 0 unspecified atom stereocenters. The van der Waals surface area contributed by atoms with Crippen LogP contribution in [0.4, 0.5) is 0 Å². The molecule has 3 rings (SSSR count). The smallest absolute Gasteiger partial charge is 0.266 e. The van der Waals surface area contributed by atoms with E-state index < -0.39 is 0 Å². The Morgan fingerprint density at radius 2 is 1.88 bits per heavy atom. The number of carbonyl (C=O) groups is 1. The van der Waals surface area contributed by atoms with E-state index in [9.17, 15) is 4.79 Å². The maximum Gasteiger partial charge on any atom is 0.266 e. The third-order valence-electron chi connectivity index (χ3n) is 3.84. The zero-order chi connectivity index (χ0) is 18.4. The summed E-state index contributed by atoms with van der Waals surface area (Å²) in [4.78, 5) is 15.0. The van der Waals surface area contributed by atoms with Gasteiger partial charge in [-0.15, -0.1) is 6.42 Å². The number of terminal acetylenes is 1. The van der Waals surface area contributed by atoms with E-state index in [1.807, 2.05) is 48.5 Å². The Morgan fingerprint density at radius 3 is 2.58 bits per heavy atom. The molecule has 26 heavy (non-hydrogen) atoms. The van der Waals surface area contributed by atoms with E-state index in [1.165, 1.54) is 17.3 Å². The zero-order valence-corrected chi connectivity index (χ0v) is 15.7. The first-order valence-corrected chi connectivity index (χ1v) is 9.35. The molecule has 1 aliphatic rings. The monoisotopic (exact) mass is 379 g/mol. The highest BCUT2D eigenvalue weighted by molar-refractivity contribution is 8.26. The van der Waals surface area contributed by atoms with E-state index in [4.69, 9.17) is 23.4 Å². The predicted molar refractivity (Wildman–Crippen MR) is 111 cm³/mol. The number of carbonyl (C=O) groups excluding carboxylic acids is 1. The molecule has 1 aliphatic heterocycles. The molecule has 0 N–H and O–H groups in total. The van der Waals surface area contributed by atoms with Crippen molar-refractivity contribution in [2.75, 3.05) is 13.2 Å². The van der Waals surface area contributed by atoms with Crippen molar-refractivity contribution in [1.82, 2.24) is 4.90 Å². The Labute approximate surface area is 163 Å². The summed E-state index contributed by atoms with van der Waals surface area (Å²) in [6, 6.07) is 17.5. The summed E-state index contributed by atoms with van der Waals surface area (Å²) in [5.74, 6) is 3.09. The van der Waals surface area contributed by atoms with Gasteiger partial charge in [0.25, 0.3) is 5.91 Å². The minimum Gasteiger partial charge on any atom is -0.481 e. The van der Waals surface area contributed by atoms with Crippen molar-refractivity contribution in [1.29, 1.82) is 0 Å². The van der Waals surface area contributed by atoms with Crippen molar-refractivity contribution in [3.05, 3.63) is 70.6 Å². The third-order valence-corrected chi connectivity index (χ3v) is 5.22. The van der Waals surface area contributed by atoms with Crippen molar-refractivity contribution in [2.45, 2.75) is 6.42 Å². The van der Waals surface area contributed by atoms with Crippen molar-refractivity contribution in [3.63, 3.8) is 0 Å². The average Bonchev–Trinajstić information content (AvgIpc) is 2.93. The van der Waals surface area contributed by atoms with Gasteiger partial charge < -0.3 is 4.74 Å². The Balaban J connectivity index is 1.66. The second kappa shape index (κ2) is 8.70. The topological polar surface area (TPSA) is 29.5 Å². The minimum absolute atomic E-state index is 0.0383. The van der Waals surface area contributed by atoms with Crippen LogP contribution in [0.15, 0.2) is 59.5 Å². The van der Waals surface area contributed by atoms with Gasteiger partial charge in [-0.3, -0.25) is 9.69 Å². The van der Waals surface area contributed by atoms with Crippen molar-refractivity contribution >= 4 is 40.3 Å². The van der Waals surface area contributed by atoms with Crippen molar-refractivity contribution in [2.24, 2.45) is 0 Å². The van der Waals surface area contributed by atoms with Gasteiger partial charge >= 0.3 is 0 Å². The van der Waals surface area contributed by atoms with Gasteiger partial charge in [-0.25, -0.2) is 0 Å². The fraction of sp³-hybridized carbons (Fsp3) is 0.143. The van der Waals surface area contributed by atoms with Gasteiger partial charge in [0.05, 0.1) is 4.91 Å². The molecule has 3 nitrogen and oxygen atoms in total. The Hall–Kier alpha value is -2.55. The SMILES string of the molecule is C#CCOc1ccc(/C=C2\SC(=S)N(CCc3ccccc3)C2=O)cc1. The molecule has 2 aromatic carbocycles. The number of amides is 1. The van der Waals surface area contributed by atoms with Crippen LogP contribution in [0.1, 0.15) is 11.1 Å². The largest absolute Gasteiger partial charge is 0.481 e. The highest BCUT2D eigenvalue weighted by Crippen LogP contribution is 2.32. The van der Waals surface area contributed by atoms with Gasteiger partial charge in [0, 0.05) is 6.54 Å². The summed E-state index contributed by atoms with van der Waals surface area (Å²) in [6.07, 6.45) is 7.81. The van der Waals surface area contributed by atoms with Gasteiger partial charge in [-0.05, 0) is 35.8 Å². The molecule has 0 bridgehead atoms. The van der Waals surface area contributed by atoms with Crippen LogP contribution in [-0.4, -0.2) is 28.3 Å². The van der Waals surface area contributed by atoms with E-state index >= 15 is 0 Å². The molecular weight excluding hydrogens is 362 g/mol. The fourth-order valence-electron chi connectivity index (χ4n) is 2.52. The average molecular weight is 380 g/mol. The first-order chi connectivity index (χ1) is 12.7. The lowest BCUT2D eigenvalue weighted by Gasteiger charge is -2.14.